The van der Waals surface area contributed by atoms with Gasteiger partial charge in [-0.3, -0.25) is 10.1 Å². The molecule has 25 heavy (non-hydrogen) atoms. The summed E-state index contributed by atoms with van der Waals surface area (Å²) in [5.74, 6) is 0. The van der Waals surface area contributed by atoms with Gasteiger partial charge in [0.05, 0.1) is 21.7 Å². The molecule has 3 rings (SSSR count). The molecule has 0 radical (unpaired) electrons. The van der Waals surface area contributed by atoms with Crippen molar-refractivity contribution < 1.29 is 18.1 Å². The van der Waals surface area contributed by atoms with Crippen LogP contribution >= 0.6 is 11.3 Å². The molecule has 2 heterocycles. The molecule has 0 bridgehead atoms. The molecule has 1 saturated carbocycles. The fourth-order valence-corrected chi connectivity index (χ4v) is 3.94. The maximum absolute atomic E-state index is 12.3. The molecule has 136 valence electrons. The summed E-state index contributed by atoms with van der Waals surface area (Å²) in [5, 5.41) is 18.9. The number of nitrogens with one attached hydrogen (secondary N) is 2. The molecule has 0 amide bonds. The minimum Gasteiger partial charge on any atom is -0.375 e. The summed E-state index contributed by atoms with van der Waals surface area (Å²) in [6, 6.07) is 1.62. The zero-order chi connectivity index (χ0) is 18.0. The zero-order valence-electron chi connectivity index (χ0n) is 13.2. The first kappa shape index (κ1) is 17.9. The van der Waals surface area contributed by atoms with Gasteiger partial charge in [-0.05, 0) is 37.1 Å². The summed E-state index contributed by atoms with van der Waals surface area (Å²) in [6.45, 7) is -0.985. The van der Waals surface area contributed by atoms with E-state index < -0.39 is 17.6 Å². The molecule has 6 nitrogen and oxygen atoms in total. The monoisotopic (exact) mass is 374 g/mol. The number of halogens is 3. The van der Waals surface area contributed by atoms with E-state index in [0.29, 0.717) is 36.9 Å². The fourth-order valence-electron chi connectivity index (χ4n) is 3.09. The predicted octanol–water partition coefficient (Wildman–Crippen LogP) is 4.08. The molecule has 0 aliphatic heterocycles. The van der Waals surface area contributed by atoms with E-state index >= 15 is 0 Å². The molecule has 10 heteroatoms. The number of pyridine rings is 1. The number of fused-ring (bicyclic) bond motifs is 1. The van der Waals surface area contributed by atoms with E-state index in [1.54, 1.807) is 6.07 Å². The van der Waals surface area contributed by atoms with Gasteiger partial charge in [-0.1, -0.05) is 0 Å². The molecule has 0 atom stereocenters. The van der Waals surface area contributed by atoms with Crippen LogP contribution in [0.25, 0.3) is 10.2 Å². The number of hydrogen-bond acceptors (Lipinski definition) is 6. The summed E-state index contributed by atoms with van der Waals surface area (Å²) in [4.78, 5) is 14.9. The number of hydrogen-bond donors (Lipinski definition) is 2. The lowest BCUT2D eigenvalue weighted by atomic mass is 9.91. The van der Waals surface area contributed by atoms with Crippen molar-refractivity contribution in [2.75, 3.05) is 11.9 Å². The second kappa shape index (κ2) is 7.12. The Bertz CT molecular complexity index is 757. The van der Waals surface area contributed by atoms with Gasteiger partial charge in [0.2, 0.25) is 0 Å². The number of anilines is 1. The normalized spacial score (nSPS) is 21.4. The van der Waals surface area contributed by atoms with E-state index in [-0.39, 0.29) is 17.8 Å². The Labute approximate surface area is 145 Å². The molecule has 0 unspecified atom stereocenters. The van der Waals surface area contributed by atoms with Gasteiger partial charge in [-0.15, -0.1) is 11.3 Å². The van der Waals surface area contributed by atoms with Gasteiger partial charge < -0.3 is 10.6 Å². The van der Waals surface area contributed by atoms with E-state index in [1.165, 1.54) is 17.5 Å². The Morgan fingerprint density at radius 1 is 1.28 bits per heavy atom. The van der Waals surface area contributed by atoms with Gasteiger partial charge in [0, 0.05) is 12.1 Å². The number of rotatable bonds is 5. The first-order valence-electron chi connectivity index (χ1n) is 7.91. The molecular weight excluding hydrogens is 357 g/mol. The smallest absolute Gasteiger partial charge is 0.375 e. The average Bonchev–Trinajstić information content (AvgIpc) is 3.02. The molecular formula is C15H17F3N4O2S. The van der Waals surface area contributed by atoms with Gasteiger partial charge in [0.15, 0.2) is 0 Å². The van der Waals surface area contributed by atoms with Crippen molar-refractivity contribution in [3.63, 3.8) is 0 Å². The minimum absolute atomic E-state index is 0.00432. The highest BCUT2D eigenvalue weighted by atomic mass is 32.1. The Morgan fingerprint density at radius 3 is 2.60 bits per heavy atom. The first-order chi connectivity index (χ1) is 11.8. The second-order valence-corrected chi connectivity index (χ2v) is 7.02. The van der Waals surface area contributed by atoms with E-state index in [9.17, 15) is 23.3 Å². The summed E-state index contributed by atoms with van der Waals surface area (Å²) < 4.78 is 37.5. The fraction of sp³-hybridized carbons (Fsp3) is 0.533. The molecule has 2 N–H and O–H groups in total. The van der Waals surface area contributed by atoms with Crippen LogP contribution in [0.15, 0.2) is 17.6 Å². The molecule has 0 saturated heterocycles. The quantitative estimate of drug-likeness (QED) is 0.609. The van der Waals surface area contributed by atoms with Crippen LogP contribution in [0, 0.1) is 10.1 Å². The molecule has 2 aromatic heterocycles. The standard InChI is InChI=1S/C15H17F3N4O2S/c16-15(17,18)8-20-9-1-3-10(4-2-9)21-13-12(22(23)24)7-19-11-5-6-25-14(11)13/h5-7,9-10,20H,1-4,8H2,(H,19,21)/t9-,10-. The van der Waals surface area contributed by atoms with E-state index in [0.717, 1.165) is 4.70 Å². The van der Waals surface area contributed by atoms with Crippen molar-refractivity contribution in [3.05, 3.63) is 27.8 Å². The maximum atomic E-state index is 12.3. The highest BCUT2D eigenvalue weighted by molar-refractivity contribution is 7.17. The molecule has 1 aliphatic rings. The van der Waals surface area contributed by atoms with Crippen LogP contribution in [-0.2, 0) is 0 Å². The van der Waals surface area contributed by atoms with Crippen LogP contribution in [0.4, 0.5) is 24.5 Å². The SMILES string of the molecule is O=[N+]([O-])c1cnc2ccsc2c1N[C@H]1CC[C@H](NCC(F)(F)F)CC1. The van der Waals surface area contributed by atoms with E-state index in [2.05, 4.69) is 15.6 Å². The third-order valence-corrected chi connectivity index (χ3v) is 5.24. The van der Waals surface area contributed by atoms with Crippen molar-refractivity contribution in [1.82, 2.24) is 10.3 Å². The molecule has 1 aliphatic carbocycles. The highest BCUT2D eigenvalue weighted by Crippen LogP contribution is 2.36. The molecule has 0 aromatic carbocycles. The number of aromatic nitrogens is 1. The van der Waals surface area contributed by atoms with Crippen LogP contribution in [0.1, 0.15) is 25.7 Å². The first-order valence-corrected chi connectivity index (χ1v) is 8.79. The topological polar surface area (TPSA) is 80.1 Å². The van der Waals surface area contributed by atoms with Crippen LogP contribution < -0.4 is 10.6 Å². The second-order valence-electron chi connectivity index (χ2n) is 6.10. The number of thiophene rings is 1. The van der Waals surface area contributed by atoms with Crippen molar-refractivity contribution in [2.45, 2.75) is 43.9 Å². The molecule has 1 fully saturated rings. The van der Waals surface area contributed by atoms with Crippen molar-refractivity contribution >= 4 is 32.9 Å². The summed E-state index contributed by atoms with van der Waals surface area (Å²) in [7, 11) is 0. The van der Waals surface area contributed by atoms with Crippen molar-refractivity contribution in [2.24, 2.45) is 0 Å². The highest BCUT2D eigenvalue weighted by Gasteiger charge is 2.30. The van der Waals surface area contributed by atoms with Gasteiger partial charge >= 0.3 is 11.9 Å². The summed E-state index contributed by atoms with van der Waals surface area (Å²) >= 11 is 1.38. The third-order valence-electron chi connectivity index (χ3n) is 4.32. The minimum atomic E-state index is -4.21. The lowest BCUT2D eigenvalue weighted by Gasteiger charge is -2.30. The van der Waals surface area contributed by atoms with Gasteiger partial charge in [-0.25, -0.2) is 4.98 Å². The van der Waals surface area contributed by atoms with Crippen LogP contribution in [0.5, 0.6) is 0 Å². The molecule has 0 spiro atoms. The summed E-state index contributed by atoms with van der Waals surface area (Å²) in [5.41, 5.74) is 1.07. The van der Waals surface area contributed by atoms with Crippen LogP contribution in [0.3, 0.4) is 0 Å². The predicted molar refractivity (Wildman–Crippen MR) is 90.0 cm³/mol. The van der Waals surface area contributed by atoms with Crippen LogP contribution in [-0.4, -0.2) is 34.7 Å². The Balaban J connectivity index is 1.66. The van der Waals surface area contributed by atoms with Crippen molar-refractivity contribution in [1.29, 1.82) is 0 Å². The van der Waals surface area contributed by atoms with Gasteiger partial charge in [0.1, 0.15) is 11.9 Å². The van der Waals surface area contributed by atoms with Gasteiger partial charge in [0.25, 0.3) is 0 Å². The summed E-state index contributed by atoms with van der Waals surface area (Å²) in [6.07, 6.45) is -0.463. The number of alkyl halides is 3. The largest absolute Gasteiger partial charge is 0.401 e. The third kappa shape index (κ3) is 4.37. The van der Waals surface area contributed by atoms with Crippen LogP contribution in [0.2, 0.25) is 0 Å². The lowest BCUT2D eigenvalue weighted by molar-refractivity contribution is -0.384. The Hall–Kier alpha value is -1.94. The molecule has 2 aromatic rings. The Kier molecular flexibility index (Phi) is 5.09. The lowest BCUT2D eigenvalue weighted by Crippen LogP contribution is -2.41. The van der Waals surface area contributed by atoms with Crippen molar-refractivity contribution in [3.8, 4) is 0 Å². The number of nitrogens with zero attached hydrogens (tertiary/aromatic N) is 2. The average molecular weight is 374 g/mol. The van der Waals surface area contributed by atoms with E-state index in [1.807, 2.05) is 5.38 Å². The van der Waals surface area contributed by atoms with E-state index in [4.69, 9.17) is 0 Å². The maximum Gasteiger partial charge on any atom is 0.401 e. The zero-order valence-corrected chi connectivity index (χ0v) is 14.0. The van der Waals surface area contributed by atoms with Gasteiger partial charge in [-0.2, -0.15) is 13.2 Å². The number of nitro groups is 1. The Morgan fingerprint density at radius 2 is 1.96 bits per heavy atom.